The van der Waals surface area contributed by atoms with Crippen LogP contribution in [0, 0.1) is 17.8 Å². The number of hydrogen-bond donors (Lipinski definition) is 0. The lowest BCUT2D eigenvalue weighted by Gasteiger charge is -2.14. The van der Waals surface area contributed by atoms with E-state index in [2.05, 4.69) is 48.5 Å². The minimum Gasteiger partial charge on any atom is -0.0654 e. The molecule has 0 aromatic carbocycles. The van der Waals surface area contributed by atoms with Gasteiger partial charge in [0.2, 0.25) is 0 Å². The van der Waals surface area contributed by atoms with E-state index in [0.29, 0.717) is 0 Å². The van der Waals surface area contributed by atoms with Crippen LogP contribution < -0.4 is 0 Å². The molecule has 0 fully saturated rings. The summed E-state index contributed by atoms with van der Waals surface area (Å²) < 4.78 is 0. The van der Waals surface area contributed by atoms with E-state index >= 15 is 0 Å². The summed E-state index contributed by atoms with van der Waals surface area (Å²) in [4.78, 5) is 0. The highest BCUT2D eigenvalue weighted by Gasteiger charge is 2.05. The molecule has 0 saturated heterocycles. The molecule has 0 aliphatic carbocycles. The second-order valence-electron chi connectivity index (χ2n) is 6.06. The number of rotatable bonds is 7. The van der Waals surface area contributed by atoms with Crippen molar-refractivity contribution < 1.29 is 0 Å². The fraction of sp³-hybridized carbons (Fsp3) is 1.00. The van der Waals surface area contributed by atoms with Gasteiger partial charge in [-0.15, -0.1) is 0 Å². The van der Waals surface area contributed by atoms with E-state index in [-0.39, 0.29) is 0 Å². The quantitative estimate of drug-likeness (QED) is 0.479. The summed E-state index contributed by atoms with van der Waals surface area (Å²) >= 11 is 0. The van der Waals surface area contributed by atoms with Crippen molar-refractivity contribution in [3.05, 3.63) is 0 Å². The van der Waals surface area contributed by atoms with E-state index in [1.807, 2.05) is 0 Å². The normalized spacial score (nSPS) is 12.6. The summed E-state index contributed by atoms with van der Waals surface area (Å²) in [5.41, 5.74) is 0. The molecule has 1 unspecified atom stereocenters. The molecule has 0 aliphatic heterocycles. The van der Waals surface area contributed by atoms with Gasteiger partial charge in [-0.05, 0) is 24.2 Å². The van der Waals surface area contributed by atoms with E-state index in [1.165, 1.54) is 38.5 Å². The molecule has 0 aromatic rings. The third-order valence-electron chi connectivity index (χ3n) is 2.82. The Hall–Kier alpha value is 0. The maximum absolute atomic E-state index is 2.38. The van der Waals surface area contributed by atoms with Crippen molar-refractivity contribution in [3.8, 4) is 0 Å². The molecular weight excluding hydrogens is 192 g/mol. The van der Waals surface area contributed by atoms with Gasteiger partial charge in [0.05, 0.1) is 0 Å². The third-order valence-corrected chi connectivity index (χ3v) is 2.82. The highest BCUT2D eigenvalue weighted by molar-refractivity contribution is 4.57. The Balaban J connectivity index is 0. The second kappa shape index (κ2) is 13.1. The monoisotopic (exact) mass is 228 g/mol. The average Bonchev–Trinajstić information content (AvgIpc) is 2.16. The van der Waals surface area contributed by atoms with Gasteiger partial charge in [-0.3, -0.25) is 0 Å². The summed E-state index contributed by atoms with van der Waals surface area (Å²) in [6.45, 7) is 16.0. The van der Waals surface area contributed by atoms with Crippen LogP contribution in [0.4, 0.5) is 0 Å². The van der Waals surface area contributed by atoms with Gasteiger partial charge < -0.3 is 0 Å². The van der Waals surface area contributed by atoms with Crippen molar-refractivity contribution in [2.75, 3.05) is 0 Å². The minimum absolute atomic E-state index is 0.872. The molecule has 100 valence electrons. The zero-order chi connectivity index (χ0) is 13.0. The maximum Gasteiger partial charge on any atom is -0.0440 e. The van der Waals surface area contributed by atoms with Crippen LogP contribution in [0.15, 0.2) is 0 Å². The molecule has 0 aliphatic rings. The first kappa shape index (κ1) is 18.4. The van der Waals surface area contributed by atoms with Crippen molar-refractivity contribution in [2.45, 2.75) is 87.0 Å². The molecule has 0 heterocycles. The predicted molar refractivity (Wildman–Crippen MR) is 77.9 cm³/mol. The first-order valence-electron chi connectivity index (χ1n) is 7.43. The Labute approximate surface area is 105 Å². The highest BCUT2D eigenvalue weighted by Crippen LogP contribution is 2.18. The van der Waals surface area contributed by atoms with Crippen LogP contribution in [0.1, 0.15) is 87.0 Å². The fourth-order valence-corrected chi connectivity index (χ4v) is 1.89. The van der Waals surface area contributed by atoms with Gasteiger partial charge in [-0.25, -0.2) is 0 Å². The Kier molecular flexibility index (Phi) is 15.0. The number of unbranched alkanes of at least 4 members (excludes halogenated alkanes) is 2. The zero-order valence-corrected chi connectivity index (χ0v) is 13.0. The molecule has 0 aromatic heterocycles. The van der Waals surface area contributed by atoms with Gasteiger partial charge in [0.15, 0.2) is 0 Å². The summed E-state index contributed by atoms with van der Waals surface area (Å²) in [5.74, 6) is 2.68. The van der Waals surface area contributed by atoms with E-state index in [1.54, 1.807) is 0 Å². The van der Waals surface area contributed by atoms with Crippen molar-refractivity contribution >= 4 is 0 Å². The van der Waals surface area contributed by atoms with Gasteiger partial charge >= 0.3 is 0 Å². The Morgan fingerprint density at radius 1 is 0.688 bits per heavy atom. The maximum atomic E-state index is 2.38. The summed E-state index contributed by atoms with van der Waals surface area (Å²) in [7, 11) is 0. The van der Waals surface area contributed by atoms with Gasteiger partial charge in [0.25, 0.3) is 0 Å². The van der Waals surface area contributed by atoms with Crippen molar-refractivity contribution in [1.82, 2.24) is 0 Å². The lowest BCUT2D eigenvalue weighted by atomic mass is 9.92. The summed E-state index contributed by atoms with van der Waals surface area (Å²) in [6, 6.07) is 0. The Morgan fingerprint density at radius 3 is 1.44 bits per heavy atom. The lowest BCUT2D eigenvalue weighted by Crippen LogP contribution is -2.01. The average molecular weight is 228 g/mol. The van der Waals surface area contributed by atoms with E-state index in [4.69, 9.17) is 0 Å². The van der Waals surface area contributed by atoms with Crippen molar-refractivity contribution in [3.63, 3.8) is 0 Å². The van der Waals surface area contributed by atoms with Gasteiger partial charge in [-0.2, -0.15) is 0 Å². The minimum atomic E-state index is 0.872. The predicted octanol–water partition coefficient (Wildman–Crippen LogP) is 6.30. The van der Waals surface area contributed by atoms with Gasteiger partial charge in [0, 0.05) is 0 Å². The molecule has 0 N–H and O–H groups in total. The summed E-state index contributed by atoms with van der Waals surface area (Å²) in [6.07, 6.45) is 8.28. The van der Waals surface area contributed by atoms with Crippen LogP contribution in [-0.4, -0.2) is 0 Å². The van der Waals surface area contributed by atoms with Crippen LogP contribution in [0.5, 0.6) is 0 Å². The standard InChI is InChI=1S/C11H24.C5H12/c1-9(2)6-7-11(5)8-10(3)4;1-3-5-4-2/h9-11H,6-8H2,1-5H3;3-5H2,1-2H3. The van der Waals surface area contributed by atoms with Crippen molar-refractivity contribution in [2.24, 2.45) is 17.8 Å². The molecule has 0 nitrogen and oxygen atoms in total. The molecule has 0 bridgehead atoms. The third kappa shape index (κ3) is 19.6. The van der Waals surface area contributed by atoms with Crippen LogP contribution in [0.25, 0.3) is 0 Å². The van der Waals surface area contributed by atoms with E-state index in [0.717, 1.165) is 17.8 Å². The smallest absolute Gasteiger partial charge is 0.0440 e. The lowest BCUT2D eigenvalue weighted by molar-refractivity contribution is 0.381. The molecular formula is C16H36. The molecule has 1 atom stereocenters. The van der Waals surface area contributed by atoms with Crippen LogP contribution in [-0.2, 0) is 0 Å². The molecule has 0 spiro atoms. The SMILES string of the molecule is CC(C)CCC(C)CC(C)C.CCCCC. The van der Waals surface area contributed by atoms with E-state index < -0.39 is 0 Å². The Bertz CT molecular complexity index is 111. The second-order valence-corrected chi connectivity index (χ2v) is 6.06. The van der Waals surface area contributed by atoms with Crippen LogP contribution >= 0.6 is 0 Å². The number of hydrogen-bond acceptors (Lipinski definition) is 0. The van der Waals surface area contributed by atoms with Gasteiger partial charge in [-0.1, -0.05) is 80.6 Å². The molecule has 0 amide bonds. The highest BCUT2D eigenvalue weighted by atomic mass is 14.1. The molecule has 0 heteroatoms. The first-order chi connectivity index (χ1) is 7.43. The Morgan fingerprint density at radius 2 is 1.19 bits per heavy atom. The molecule has 0 radical (unpaired) electrons. The van der Waals surface area contributed by atoms with Crippen molar-refractivity contribution in [1.29, 1.82) is 0 Å². The van der Waals surface area contributed by atoms with Crippen LogP contribution in [0.2, 0.25) is 0 Å². The molecule has 0 saturated carbocycles. The first-order valence-corrected chi connectivity index (χ1v) is 7.43. The topological polar surface area (TPSA) is 0 Å². The summed E-state index contributed by atoms with van der Waals surface area (Å²) in [5, 5.41) is 0. The molecule has 16 heavy (non-hydrogen) atoms. The largest absolute Gasteiger partial charge is 0.0654 e. The van der Waals surface area contributed by atoms with Gasteiger partial charge in [0.1, 0.15) is 0 Å². The van der Waals surface area contributed by atoms with E-state index in [9.17, 15) is 0 Å². The fourth-order valence-electron chi connectivity index (χ4n) is 1.89. The van der Waals surface area contributed by atoms with Crippen LogP contribution in [0.3, 0.4) is 0 Å². The zero-order valence-electron chi connectivity index (χ0n) is 13.0. The molecule has 0 rings (SSSR count).